The molecule has 1 aliphatic heterocycles. The third-order valence-electron chi connectivity index (χ3n) is 4.93. The highest BCUT2D eigenvalue weighted by Gasteiger charge is 2.17. The number of benzene rings is 1. The summed E-state index contributed by atoms with van der Waals surface area (Å²) >= 11 is 1.66. The van der Waals surface area contributed by atoms with Gasteiger partial charge in [0.1, 0.15) is 5.82 Å². The molecule has 3 rings (SSSR count). The largest absolute Gasteiger partial charge is 0.379 e. The van der Waals surface area contributed by atoms with E-state index in [-0.39, 0.29) is 11.7 Å². The molecule has 1 aromatic heterocycles. The van der Waals surface area contributed by atoms with E-state index in [4.69, 9.17) is 4.74 Å². The molecule has 152 valence electrons. The van der Waals surface area contributed by atoms with Crippen molar-refractivity contribution in [1.82, 2.24) is 15.1 Å². The van der Waals surface area contributed by atoms with E-state index >= 15 is 0 Å². The van der Waals surface area contributed by atoms with Gasteiger partial charge < -0.3 is 15.0 Å². The third kappa shape index (κ3) is 6.38. The van der Waals surface area contributed by atoms with E-state index < -0.39 is 0 Å². The van der Waals surface area contributed by atoms with Gasteiger partial charge in [0.05, 0.1) is 26.3 Å². The number of carbonyl (C=O) groups excluding carboxylic acids is 1. The average molecular weight is 406 g/mol. The fraction of sp³-hybridized carbons (Fsp3) is 0.476. The van der Waals surface area contributed by atoms with Crippen molar-refractivity contribution in [2.75, 3.05) is 45.9 Å². The molecule has 1 aliphatic rings. The summed E-state index contributed by atoms with van der Waals surface area (Å²) in [5.41, 5.74) is 2.12. The molecule has 5 nitrogen and oxygen atoms in total. The first-order valence-corrected chi connectivity index (χ1v) is 10.6. The Kier molecular flexibility index (Phi) is 7.97. The van der Waals surface area contributed by atoms with Crippen molar-refractivity contribution in [2.24, 2.45) is 0 Å². The lowest BCUT2D eigenvalue weighted by atomic mass is 10.2. The molecule has 0 radical (unpaired) electrons. The van der Waals surface area contributed by atoms with Crippen LogP contribution >= 0.6 is 11.3 Å². The molecule has 1 fully saturated rings. The Balaban J connectivity index is 1.54. The number of thiophene rings is 1. The van der Waals surface area contributed by atoms with Gasteiger partial charge in [0.25, 0.3) is 0 Å². The number of nitrogens with zero attached hydrogens (tertiary/aromatic N) is 2. The Labute approximate surface area is 170 Å². The SMILES string of the molecule is Cc1ccsc1CN(Cc1ccc(F)cc1)C(=O)CNCCN1CCOCC1. The predicted molar refractivity (Wildman–Crippen MR) is 110 cm³/mol. The van der Waals surface area contributed by atoms with Gasteiger partial charge in [-0.15, -0.1) is 11.3 Å². The lowest BCUT2D eigenvalue weighted by Gasteiger charge is -2.27. The molecule has 0 aliphatic carbocycles. The Hall–Kier alpha value is -1.80. The molecular weight excluding hydrogens is 377 g/mol. The van der Waals surface area contributed by atoms with E-state index in [0.29, 0.717) is 19.6 Å². The van der Waals surface area contributed by atoms with Gasteiger partial charge >= 0.3 is 0 Å². The highest BCUT2D eigenvalue weighted by atomic mass is 32.1. The van der Waals surface area contributed by atoms with Gasteiger partial charge in [-0.25, -0.2) is 4.39 Å². The van der Waals surface area contributed by atoms with E-state index in [2.05, 4.69) is 23.2 Å². The molecule has 1 N–H and O–H groups in total. The van der Waals surface area contributed by atoms with Crippen LogP contribution in [0.4, 0.5) is 4.39 Å². The lowest BCUT2D eigenvalue weighted by molar-refractivity contribution is -0.131. The Morgan fingerprint density at radius 3 is 2.64 bits per heavy atom. The molecule has 1 saturated heterocycles. The number of hydrogen-bond acceptors (Lipinski definition) is 5. The molecule has 1 amide bonds. The van der Waals surface area contributed by atoms with Crippen molar-refractivity contribution < 1.29 is 13.9 Å². The number of ether oxygens (including phenoxy) is 1. The zero-order chi connectivity index (χ0) is 19.8. The summed E-state index contributed by atoms with van der Waals surface area (Å²) in [7, 11) is 0. The topological polar surface area (TPSA) is 44.8 Å². The Morgan fingerprint density at radius 1 is 1.21 bits per heavy atom. The van der Waals surface area contributed by atoms with Crippen LogP contribution in [0, 0.1) is 12.7 Å². The minimum absolute atomic E-state index is 0.0547. The van der Waals surface area contributed by atoms with Crippen LogP contribution in [0.1, 0.15) is 16.0 Å². The van der Waals surface area contributed by atoms with E-state index in [1.54, 1.807) is 23.5 Å². The monoisotopic (exact) mass is 405 g/mol. The number of carbonyl (C=O) groups is 1. The van der Waals surface area contributed by atoms with Gasteiger partial charge in [-0.3, -0.25) is 9.69 Å². The van der Waals surface area contributed by atoms with E-state index in [9.17, 15) is 9.18 Å². The fourth-order valence-corrected chi connectivity index (χ4v) is 4.07. The van der Waals surface area contributed by atoms with Crippen LogP contribution in [-0.2, 0) is 22.6 Å². The van der Waals surface area contributed by atoms with Crippen LogP contribution in [0.15, 0.2) is 35.7 Å². The molecule has 0 unspecified atom stereocenters. The second-order valence-electron chi connectivity index (χ2n) is 7.03. The van der Waals surface area contributed by atoms with Crippen molar-refractivity contribution in [3.63, 3.8) is 0 Å². The second kappa shape index (κ2) is 10.7. The summed E-state index contributed by atoms with van der Waals surface area (Å²) in [6, 6.07) is 8.43. The maximum absolute atomic E-state index is 13.2. The van der Waals surface area contributed by atoms with Crippen molar-refractivity contribution in [2.45, 2.75) is 20.0 Å². The average Bonchev–Trinajstić information content (AvgIpc) is 3.11. The number of nitrogens with one attached hydrogen (secondary N) is 1. The van der Waals surface area contributed by atoms with E-state index in [1.807, 2.05) is 10.3 Å². The third-order valence-corrected chi connectivity index (χ3v) is 5.93. The quantitative estimate of drug-likeness (QED) is 0.652. The summed E-state index contributed by atoms with van der Waals surface area (Å²) < 4.78 is 18.6. The first-order valence-electron chi connectivity index (χ1n) is 9.68. The summed E-state index contributed by atoms with van der Waals surface area (Å²) in [5, 5.41) is 5.32. The number of morpholine rings is 1. The van der Waals surface area contributed by atoms with Gasteiger partial charge in [0, 0.05) is 37.6 Å². The summed E-state index contributed by atoms with van der Waals surface area (Å²) in [6.45, 7) is 8.56. The maximum atomic E-state index is 13.2. The Morgan fingerprint density at radius 2 is 1.96 bits per heavy atom. The molecule has 0 spiro atoms. The number of aryl methyl sites for hydroxylation is 1. The molecule has 2 aromatic rings. The van der Waals surface area contributed by atoms with Crippen LogP contribution < -0.4 is 5.32 Å². The number of halogens is 1. The molecule has 0 bridgehead atoms. The minimum atomic E-state index is -0.263. The fourth-order valence-electron chi connectivity index (χ4n) is 3.15. The highest BCUT2D eigenvalue weighted by molar-refractivity contribution is 7.10. The molecule has 28 heavy (non-hydrogen) atoms. The number of amides is 1. The summed E-state index contributed by atoms with van der Waals surface area (Å²) in [5.74, 6) is -0.209. The minimum Gasteiger partial charge on any atom is -0.379 e. The van der Waals surface area contributed by atoms with Crippen molar-refractivity contribution in [3.8, 4) is 0 Å². The van der Waals surface area contributed by atoms with Crippen molar-refractivity contribution >= 4 is 17.2 Å². The van der Waals surface area contributed by atoms with Gasteiger partial charge in [-0.05, 0) is 41.6 Å². The molecule has 1 aromatic carbocycles. The smallest absolute Gasteiger partial charge is 0.237 e. The maximum Gasteiger partial charge on any atom is 0.237 e. The summed E-state index contributed by atoms with van der Waals surface area (Å²) in [6.07, 6.45) is 0. The number of rotatable bonds is 9. The van der Waals surface area contributed by atoms with Crippen LogP contribution in [0.25, 0.3) is 0 Å². The molecular formula is C21H28FN3O2S. The first kappa shape index (κ1) is 20.9. The molecule has 0 atom stereocenters. The van der Waals surface area contributed by atoms with E-state index in [0.717, 1.165) is 45.0 Å². The first-order chi connectivity index (χ1) is 13.6. The zero-order valence-electron chi connectivity index (χ0n) is 16.3. The van der Waals surface area contributed by atoms with Gasteiger partial charge in [0.15, 0.2) is 0 Å². The van der Waals surface area contributed by atoms with Crippen molar-refractivity contribution in [3.05, 3.63) is 57.5 Å². The van der Waals surface area contributed by atoms with Gasteiger partial charge in [-0.1, -0.05) is 12.1 Å². The molecule has 0 saturated carbocycles. The van der Waals surface area contributed by atoms with Crippen molar-refractivity contribution in [1.29, 1.82) is 0 Å². The molecule has 2 heterocycles. The lowest BCUT2D eigenvalue weighted by Crippen LogP contribution is -2.43. The normalized spacial score (nSPS) is 14.9. The summed E-state index contributed by atoms with van der Waals surface area (Å²) in [4.78, 5) is 18.2. The van der Waals surface area contributed by atoms with Crippen LogP contribution in [0.3, 0.4) is 0 Å². The second-order valence-corrected chi connectivity index (χ2v) is 8.03. The molecule has 7 heteroatoms. The standard InChI is InChI=1S/C21H28FN3O2S/c1-17-6-13-28-20(17)16-25(15-18-2-4-19(22)5-3-18)21(26)14-23-7-8-24-9-11-27-12-10-24/h2-6,13,23H,7-12,14-16H2,1H3. The number of hydrogen-bond donors (Lipinski definition) is 1. The van der Waals surface area contributed by atoms with Crippen LogP contribution in [0.2, 0.25) is 0 Å². The van der Waals surface area contributed by atoms with E-state index in [1.165, 1.54) is 22.6 Å². The van der Waals surface area contributed by atoms with Gasteiger partial charge in [0.2, 0.25) is 5.91 Å². The van der Waals surface area contributed by atoms with Gasteiger partial charge in [-0.2, -0.15) is 0 Å². The zero-order valence-corrected chi connectivity index (χ0v) is 17.1. The Bertz CT molecular complexity index is 744. The highest BCUT2D eigenvalue weighted by Crippen LogP contribution is 2.19. The van der Waals surface area contributed by atoms with Crippen LogP contribution in [0.5, 0.6) is 0 Å². The van der Waals surface area contributed by atoms with Crippen LogP contribution in [-0.4, -0.2) is 61.6 Å². The predicted octanol–water partition coefficient (Wildman–Crippen LogP) is 2.65.